The summed E-state index contributed by atoms with van der Waals surface area (Å²) in [7, 11) is -3.56. The predicted molar refractivity (Wildman–Crippen MR) is 111 cm³/mol. The number of amides is 2. The second-order valence-corrected chi connectivity index (χ2v) is 9.61. The Balaban J connectivity index is 1.81. The minimum absolute atomic E-state index is 0.0932. The van der Waals surface area contributed by atoms with Crippen LogP contribution in [0.1, 0.15) is 36.0 Å². The van der Waals surface area contributed by atoms with Crippen LogP contribution in [0.5, 0.6) is 0 Å². The molecule has 28 heavy (non-hydrogen) atoms. The van der Waals surface area contributed by atoms with E-state index in [2.05, 4.69) is 15.4 Å². The molecule has 0 radical (unpaired) electrons. The zero-order chi connectivity index (χ0) is 20.7. The normalized spacial score (nSPS) is 11.4. The molecular weight excluding hydrogens is 398 g/mol. The standard InChI is InChI=1S/C19H25N3O4S2/c1-4-16-9-10-17(27-16)28(25,26)21-12-11-20-19(24)14-5-7-15(8-6-14)22-18(23)13(2)3/h5-10,13,21H,4,11-12H2,1-3H3,(H,20,24)(H,22,23). The van der Waals surface area contributed by atoms with E-state index in [-0.39, 0.29) is 35.0 Å². The van der Waals surface area contributed by atoms with Gasteiger partial charge in [0.1, 0.15) is 4.21 Å². The molecule has 2 amide bonds. The van der Waals surface area contributed by atoms with E-state index < -0.39 is 10.0 Å². The van der Waals surface area contributed by atoms with E-state index in [9.17, 15) is 18.0 Å². The number of thiophene rings is 1. The van der Waals surface area contributed by atoms with Gasteiger partial charge < -0.3 is 10.6 Å². The molecule has 2 aromatic rings. The van der Waals surface area contributed by atoms with E-state index >= 15 is 0 Å². The summed E-state index contributed by atoms with van der Waals surface area (Å²) < 4.78 is 27.2. The zero-order valence-corrected chi connectivity index (χ0v) is 17.7. The lowest BCUT2D eigenvalue weighted by atomic mass is 10.1. The smallest absolute Gasteiger partial charge is 0.251 e. The fourth-order valence-corrected chi connectivity index (χ4v) is 4.59. The van der Waals surface area contributed by atoms with Crippen LogP contribution in [-0.2, 0) is 21.2 Å². The largest absolute Gasteiger partial charge is 0.351 e. The third-order valence-electron chi connectivity index (χ3n) is 3.89. The number of carbonyl (C=O) groups is 2. The fraction of sp³-hybridized carbons (Fsp3) is 0.368. The van der Waals surface area contributed by atoms with Crippen molar-refractivity contribution in [3.05, 3.63) is 46.8 Å². The van der Waals surface area contributed by atoms with Gasteiger partial charge in [-0.25, -0.2) is 13.1 Å². The molecule has 3 N–H and O–H groups in total. The molecule has 0 bridgehead atoms. The van der Waals surface area contributed by atoms with Gasteiger partial charge >= 0.3 is 0 Å². The lowest BCUT2D eigenvalue weighted by Gasteiger charge is -2.09. The molecule has 0 saturated carbocycles. The summed E-state index contributed by atoms with van der Waals surface area (Å²) in [6, 6.07) is 9.90. The number of aryl methyl sites for hydroxylation is 1. The van der Waals surface area contributed by atoms with Gasteiger partial charge in [0.15, 0.2) is 0 Å². The number of hydrogen-bond acceptors (Lipinski definition) is 5. The third-order valence-corrected chi connectivity index (χ3v) is 7.07. The van der Waals surface area contributed by atoms with E-state index in [1.165, 1.54) is 11.3 Å². The van der Waals surface area contributed by atoms with Crippen molar-refractivity contribution in [2.24, 2.45) is 5.92 Å². The van der Waals surface area contributed by atoms with Gasteiger partial charge in [-0.05, 0) is 42.8 Å². The Kier molecular flexibility index (Phi) is 7.73. The van der Waals surface area contributed by atoms with Crippen LogP contribution in [0.25, 0.3) is 0 Å². The van der Waals surface area contributed by atoms with E-state index in [1.807, 2.05) is 6.92 Å². The van der Waals surface area contributed by atoms with Crippen LogP contribution in [0, 0.1) is 5.92 Å². The van der Waals surface area contributed by atoms with Gasteiger partial charge in [-0.1, -0.05) is 20.8 Å². The summed E-state index contributed by atoms with van der Waals surface area (Å²) in [6.07, 6.45) is 0.788. The summed E-state index contributed by atoms with van der Waals surface area (Å²) >= 11 is 1.24. The molecule has 1 aromatic carbocycles. The Morgan fingerprint density at radius 1 is 1.04 bits per heavy atom. The summed E-state index contributed by atoms with van der Waals surface area (Å²) in [6.45, 7) is 5.82. The number of benzene rings is 1. The number of carbonyl (C=O) groups excluding carboxylic acids is 2. The number of rotatable bonds is 9. The van der Waals surface area contributed by atoms with Gasteiger partial charge in [0.25, 0.3) is 5.91 Å². The minimum Gasteiger partial charge on any atom is -0.351 e. The van der Waals surface area contributed by atoms with Crippen LogP contribution in [0.2, 0.25) is 0 Å². The maximum Gasteiger partial charge on any atom is 0.251 e. The van der Waals surface area contributed by atoms with Gasteiger partial charge in [0.2, 0.25) is 15.9 Å². The first-order valence-corrected chi connectivity index (χ1v) is 11.3. The summed E-state index contributed by atoms with van der Waals surface area (Å²) in [5, 5.41) is 5.42. The summed E-state index contributed by atoms with van der Waals surface area (Å²) in [5.74, 6) is -0.541. The van der Waals surface area contributed by atoms with Crippen molar-refractivity contribution >= 4 is 38.9 Å². The van der Waals surface area contributed by atoms with E-state index in [0.29, 0.717) is 11.3 Å². The molecule has 0 fully saturated rings. The minimum atomic E-state index is -3.56. The highest BCUT2D eigenvalue weighted by atomic mass is 32.2. The first-order chi connectivity index (χ1) is 13.2. The SMILES string of the molecule is CCc1ccc(S(=O)(=O)NCCNC(=O)c2ccc(NC(=O)C(C)C)cc2)s1. The lowest BCUT2D eigenvalue weighted by molar-refractivity contribution is -0.118. The summed E-state index contributed by atoms with van der Waals surface area (Å²) in [5.41, 5.74) is 1.04. The average Bonchev–Trinajstić information content (AvgIpc) is 3.16. The van der Waals surface area contributed by atoms with Crippen LogP contribution >= 0.6 is 11.3 Å². The molecule has 7 nitrogen and oxygen atoms in total. The highest BCUT2D eigenvalue weighted by Crippen LogP contribution is 2.21. The van der Waals surface area contributed by atoms with Gasteiger partial charge in [0.05, 0.1) is 0 Å². The van der Waals surface area contributed by atoms with E-state index in [0.717, 1.165) is 11.3 Å². The number of anilines is 1. The maximum atomic E-state index is 12.2. The van der Waals surface area contributed by atoms with Crippen LogP contribution in [0.4, 0.5) is 5.69 Å². The van der Waals surface area contributed by atoms with Crippen LogP contribution in [0.15, 0.2) is 40.6 Å². The molecule has 0 saturated heterocycles. The second-order valence-electron chi connectivity index (χ2n) is 6.45. The molecule has 1 aromatic heterocycles. The van der Waals surface area contributed by atoms with Crippen molar-refractivity contribution in [3.8, 4) is 0 Å². The quantitative estimate of drug-likeness (QED) is 0.539. The van der Waals surface area contributed by atoms with Crippen molar-refractivity contribution < 1.29 is 18.0 Å². The fourth-order valence-electron chi connectivity index (χ4n) is 2.22. The van der Waals surface area contributed by atoms with Crippen molar-refractivity contribution in [1.82, 2.24) is 10.0 Å². The predicted octanol–water partition coefficient (Wildman–Crippen LogP) is 2.61. The Morgan fingerprint density at radius 3 is 2.29 bits per heavy atom. The molecular formula is C19H25N3O4S2. The lowest BCUT2D eigenvalue weighted by Crippen LogP contribution is -2.34. The van der Waals surface area contributed by atoms with Gasteiger partial charge in [-0.3, -0.25) is 9.59 Å². The van der Waals surface area contributed by atoms with Gasteiger partial charge in [-0.2, -0.15) is 0 Å². The average molecular weight is 424 g/mol. The summed E-state index contributed by atoms with van der Waals surface area (Å²) in [4.78, 5) is 24.8. The van der Waals surface area contributed by atoms with Crippen molar-refractivity contribution in [1.29, 1.82) is 0 Å². The molecule has 2 rings (SSSR count). The van der Waals surface area contributed by atoms with Gasteiger partial charge in [0, 0.05) is 35.1 Å². The zero-order valence-electron chi connectivity index (χ0n) is 16.1. The molecule has 0 aliphatic heterocycles. The molecule has 0 aliphatic carbocycles. The highest BCUT2D eigenvalue weighted by molar-refractivity contribution is 7.91. The van der Waals surface area contributed by atoms with Gasteiger partial charge in [-0.15, -0.1) is 11.3 Å². The molecule has 0 unspecified atom stereocenters. The Hall–Kier alpha value is -2.23. The van der Waals surface area contributed by atoms with Crippen LogP contribution < -0.4 is 15.4 Å². The first-order valence-electron chi connectivity index (χ1n) is 9.00. The number of nitrogens with one attached hydrogen (secondary N) is 3. The molecule has 0 atom stereocenters. The van der Waals surface area contributed by atoms with E-state index in [1.54, 1.807) is 50.2 Å². The maximum absolute atomic E-state index is 12.2. The van der Waals surface area contributed by atoms with Crippen molar-refractivity contribution in [2.75, 3.05) is 18.4 Å². The van der Waals surface area contributed by atoms with Crippen molar-refractivity contribution in [3.63, 3.8) is 0 Å². The Morgan fingerprint density at radius 2 is 1.71 bits per heavy atom. The van der Waals surface area contributed by atoms with Crippen LogP contribution in [0.3, 0.4) is 0 Å². The number of hydrogen-bond donors (Lipinski definition) is 3. The molecule has 1 heterocycles. The van der Waals surface area contributed by atoms with E-state index in [4.69, 9.17) is 0 Å². The molecule has 0 aliphatic rings. The Bertz CT molecular complexity index is 919. The molecule has 152 valence electrons. The second kappa shape index (κ2) is 9.81. The van der Waals surface area contributed by atoms with Crippen molar-refractivity contribution in [2.45, 2.75) is 31.4 Å². The number of sulfonamides is 1. The third kappa shape index (κ3) is 6.15. The van der Waals surface area contributed by atoms with Crippen LogP contribution in [-0.4, -0.2) is 33.3 Å². The first kappa shape index (κ1) is 22.1. The Labute approximate surface area is 169 Å². The topological polar surface area (TPSA) is 104 Å². The molecule has 9 heteroatoms. The molecule has 0 spiro atoms. The monoisotopic (exact) mass is 423 g/mol. The highest BCUT2D eigenvalue weighted by Gasteiger charge is 2.16.